The monoisotopic (exact) mass is 280 g/mol. The zero-order valence-electron chi connectivity index (χ0n) is 10.9. The van der Waals surface area contributed by atoms with Crippen LogP contribution in [0.5, 0.6) is 5.75 Å². The van der Waals surface area contributed by atoms with Crippen molar-refractivity contribution in [3.63, 3.8) is 0 Å². The third-order valence-corrected chi connectivity index (χ3v) is 4.30. The van der Waals surface area contributed by atoms with Gasteiger partial charge in [-0.3, -0.25) is 4.79 Å². The minimum atomic E-state index is 0.0220. The van der Waals surface area contributed by atoms with Crippen molar-refractivity contribution in [2.45, 2.75) is 0 Å². The molecule has 2 atom stereocenters. The molecule has 0 bridgehead atoms. The summed E-state index contributed by atoms with van der Waals surface area (Å²) in [5.74, 6) is 1.79. The van der Waals surface area contributed by atoms with Crippen molar-refractivity contribution in [2.75, 3.05) is 33.3 Å². The van der Waals surface area contributed by atoms with Crippen LogP contribution in [-0.4, -0.2) is 44.1 Å². The van der Waals surface area contributed by atoms with E-state index >= 15 is 0 Å². The van der Waals surface area contributed by atoms with Crippen molar-refractivity contribution in [1.82, 2.24) is 10.2 Å². The summed E-state index contributed by atoms with van der Waals surface area (Å²) < 4.78 is 5.26. The molecule has 2 saturated heterocycles. The highest BCUT2D eigenvalue weighted by Crippen LogP contribution is 2.30. The number of likely N-dealkylation sites (tertiary alicyclic amines) is 1. The minimum Gasteiger partial charge on any atom is -0.496 e. The normalized spacial score (nSPS) is 25.5. The van der Waals surface area contributed by atoms with Gasteiger partial charge in [0.2, 0.25) is 0 Å². The van der Waals surface area contributed by atoms with Gasteiger partial charge in [0.15, 0.2) is 0 Å². The van der Waals surface area contributed by atoms with Gasteiger partial charge in [-0.1, -0.05) is 11.6 Å². The number of benzene rings is 1. The Balaban J connectivity index is 1.82. The Kier molecular flexibility index (Phi) is 3.37. The Morgan fingerprint density at radius 3 is 2.68 bits per heavy atom. The number of hydrogen-bond acceptors (Lipinski definition) is 3. The number of amides is 1. The second-order valence-electron chi connectivity index (χ2n) is 5.23. The van der Waals surface area contributed by atoms with E-state index in [1.54, 1.807) is 25.3 Å². The first-order chi connectivity index (χ1) is 9.19. The lowest BCUT2D eigenvalue weighted by molar-refractivity contribution is 0.0778. The molecule has 0 aromatic heterocycles. The molecule has 2 aliphatic heterocycles. The number of rotatable bonds is 2. The van der Waals surface area contributed by atoms with Crippen LogP contribution in [-0.2, 0) is 0 Å². The number of ether oxygens (including phenoxy) is 1. The van der Waals surface area contributed by atoms with E-state index in [9.17, 15) is 4.79 Å². The lowest BCUT2D eigenvalue weighted by Crippen LogP contribution is -2.32. The van der Waals surface area contributed by atoms with E-state index in [1.807, 2.05) is 4.90 Å². The predicted octanol–water partition coefficient (Wildman–Crippen LogP) is 1.64. The molecule has 2 aliphatic rings. The van der Waals surface area contributed by atoms with E-state index in [2.05, 4.69) is 5.32 Å². The maximum atomic E-state index is 12.6. The number of nitrogens with zero attached hydrogens (tertiary/aromatic N) is 1. The van der Waals surface area contributed by atoms with Gasteiger partial charge in [-0.15, -0.1) is 0 Å². The summed E-state index contributed by atoms with van der Waals surface area (Å²) in [7, 11) is 1.57. The van der Waals surface area contributed by atoms with Gasteiger partial charge < -0.3 is 15.0 Å². The first kappa shape index (κ1) is 12.8. The molecule has 0 aliphatic carbocycles. The van der Waals surface area contributed by atoms with Gasteiger partial charge in [0.1, 0.15) is 5.75 Å². The Morgan fingerprint density at radius 2 is 2.05 bits per heavy atom. The molecular formula is C14H17ClN2O2. The molecule has 0 unspecified atom stereocenters. The van der Waals surface area contributed by atoms with Crippen molar-refractivity contribution in [2.24, 2.45) is 11.8 Å². The third-order valence-electron chi connectivity index (χ3n) is 4.07. The van der Waals surface area contributed by atoms with Crippen LogP contribution in [0.3, 0.4) is 0 Å². The fourth-order valence-corrected chi connectivity index (χ4v) is 3.21. The van der Waals surface area contributed by atoms with Crippen molar-refractivity contribution in [3.05, 3.63) is 28.8 Å². The van der Waals surface area contributed by atoms with Crippen LogP contribution >= 0.6 is 11.6 Å². The zero-order chi connectivity index (χ0) is 13.4. The quantitative estimate of drug-likeness (QED) is 0.895. The Bertz CT molecular complexity index is 494. The zero-order valence-corrected chi connectivity index (χ0v) is 11.6. The van der Waals surface area contributed by atoms with Crippen LogP contribution in [0, 0.1) is 11.8 Å². The van der Waals surface area contributed by atoms with Crippen LogP contribution in [0.4, 0.5) is 0 Å². The van der Waals surface area contributed by atoms with E-state index in [4.69, 9.17) is 16.3 Å². The SMILES string of the molecule is COc1ccc(Cl)cc1C(=O)N1C[C@H]2CNC[C@H]2C1. The molecule has 102 valence electrons. The molecule has 1 aromatic rings. The van der Waals surface area contributed by atoms with Crippen LogP contribution in [0.25, 0.3) is 0 Å². The van der Waals surface area contributed by atoms with Gasteiger partial charge in [-0.25, -0.2) is 0 Å². The molecule has 2 fully saturated rings. The van der Waals surface area contributed by atoms with Crippen LogP contribution in [0.2, 0.25) is 5.02 Å². The Morgan fingerprint density at radius 1 is 1.37 bits per heavy atom. The fourth-order valence-electron chi connectivity index (χ4n) is 3.04. The summed E-state index contributed by atoms with van der Waals surface area (Å²) in [5.41, 5.74) is 0.558. The van der Waals surface area contributed by atoms with Gasteiger partial charge in [-0.2, -0.15) is 0 Å². The van der Waals surface area contributed by atoms with Crippen molar-refractivity contribution in [3.8, 4) is 5.75 Å². The molecule has 2 heterocycles. The molecule has 3 rings (SSSR count). The maximum absolute atomic E-state index is 12.6. The standard InChI is InChI=1S/C14H17ClN2O2/c1-19-13-3-2-11(15)4-12(13)14(18)17-7-9-5-16-6-10(9)8-17/h2-4,9-10,16H,5-8H2,1H3/t9-,10+. The molecule has 0 radical (unpaired) electrons. The molecule has 19 heavy (non-hydrogen) atoms. The average Bonchev–Trinajstić information content (AvgIpc) is 2.98. The lowest BCUT2D eigenvalue weighted by Gasteiger charge is -2.19. The van der Waals surface area contributed by atoms with E-state index in [-0.39, 0.29) is 5.91 Å². The first-order valence-electron chi connectivity index (χ1n) is 6.52. The molecule has 1 aromatic carbocycles. The van der Waals surface area contributed by atoms with Gasteiger partial charge in [-0.05, 0) is 30.0 Å². The lowest BCUT2D eigenvalue weighted by atomic mass is 10.0. The fraction of sp³-hybridized carbons (Fsp3) is 0.500. The topological polar surface area (TPSA) is 41.6 Å². The Labute approximate surface area is 117 Å². The van der Waals surface area contributed by atoms with E-state index < -0.39 is 0 Å². The van der Waals surface area contributed by atoms with Gasteiger partial charge in [0, 0.05) is 31.2 Å². The van der Waals surface area contributed by atoms with Crippen molar-refractivity contribution < 1.29 is 9.53 Å². The molecule has 0 saturated carbocycles. The number of hydrogen-bond donors (Lipinski definition) is 1. The number of carbonyl (C=O) groups excluding carboxylic acids is 1. The number of carbonyl (C=O) groups is 1. The second-order valence-corrected chi connectivity index (χ2v) is 5.67. The largest absolute Gasteiger partial charge is 0.496 e. The molecule has 1 N–H and O–H groups in total. The van der Waals surface area contributed by atoms with E-state index in [0.717, 1.165) is 26.2 Å². The molecule has 4 nitrogen and oxygen atoms in total. The summed E-state index contributed by atoms with van der Waals surface area (Å²) >= 11 is 5.98. The summed E-state index contributed by atoms with van der Waals surface area (Å²) in [6.07, 6.45) is 0. The number of methoxy groups -OCH3 is 1. The van der Waals surface area contributed by atoms with Crippen LogP contribution in [0.1, 0.15) is 10.4 Å². The highest BCUT2D eigenvalue weighted by molar-refractivity contribution is 6.31. The molecule has 1 amide bonds. The van der Waals surface area contributed by atoms with Gasteiger partial charge in [0.05, 0.1) is 12.7 Å². The molecule has 5 heteroatoms. The summed E-state index contributed by atoms with van der Waals surface area (Å²) in [4.78, 5) is 14.5. The summed E-state index contributed by atoms with van der Waals surface area (Å²) in [5, 5.41) is 3.93. The predicted molar refractivity (Wildman–Crippen MR) is 73.8 cm³/mol. The summed E-state index contributed by atoms with van der Waals surface area (Å²) in [6, 6.07) is 5.17. The summed E-state index contributed by atoms with van der Waals surface area (Å²) in [6.45, 7) is 3.68. The first-order valence-corrected chi connectivity index (χ1v) is 6.90. The Hall–Kier alpha value is -1.26. The van der Waals surface area contributed by atoms with E-state index in [0.29, 0.717) is 28.2 Å². The van der Waals surface area contributed by atoms with E-state index in [1.165, 1.54) is 0 Å². The van der Waals surface area contributed by atoms with Gasteiger partial charge in [0.25, 0.3) is 5.91 Å². The maximum Gasteiger partial charge on any atom is 0.257 e. The number of fused-ring (bicyclic) bond motifs is 1. The highest BCUT2D eigenvalue weighted by atomic mass is 35.5. The van der Waals surface area contributed by atoms with Gasteiger partial charge >= 0.3 is 0 Å². The van der Waals surface area contributed by atoms with Crippen LogP contribution in [0.15, 0.2) is 18.2 Å². The molecular weight excluding hydrogens is 264 g/mol. The van der Waals surface area contributed by atoms with Crippen molar-refractivity contribution >= 4 is 17.5 Å². The third kappa shape index (κ3) is 2.30. The number of halogens is 1. The minimum absolute atomic E-state index is 0.0220. The molecule has 0 spiro atoms. The highest BCUT2D eigenvalue weighted by Gasteiger charge is 2.38. The van der Waals surface area contributed by atoms with Crippen LogP contribution < -0.4 is 10.1 Å². The number of nitrogens with one attached hydrogen (secondary N) is 1. The second kappa shape index (κ2) is 5.02. The average molecular weight is 281 g/mol. The smallest absolute Gasteiger partial charge is 0.257 e. The van der Waals surface area contributed by atoms with Crippen molar-refractivity contribution in [1.29, 1.82) is 0 Å².